The van der Waals surface area contributed by atoms with E-state index < -0.39 is 0 Å². The topological polar surface area (TPSA) is 52.6 Å². The van der Waals surface area contributed by atoms with Gasteiger partial charge in [0.05, 0.1) is 5.02 Å². The Morgan fingerprint density at radius 2 is 2.14 bits per heavy atom. The van der Waals surface area contributed by atoms with Crippen molar-refractivity contribution < 1.29 is 9.90 Å². The van der Waals surface area contributed by atoms with Crippen molar-refractivity contribution in [2.75, 3.05) is 26.2 Å². The first-order chi connectivity index (χ1) is 10.1. The van der Waals surface area contributed by atoms with Gasteiger partial charge in [0.1, 0.15) is 5.75 Å². The molecule has 1 spiro atoms. The molecule has 1 amide bonds. The second-order valence-corrected chi connectivity index (χ2v) is 6.68. The molecule has 2 aliphatic heterocycles. The summed E-state index contributed by atoms with van der Waals surface area (Å²) in [6.07, 6.45) is 4.63. The number of rotatable bonds is 1. The number of amides is 1. The smallest absolute Gasteiger partial charge is 0.253 e. The summed E-state index contributed by atoms with van der Waals surface area (Å²) < 4.78 is 0. The van der Waals surface area contributed by atoms with Gasteiger partial charge in [-0.1, -0.05) is 11.6 Å². The number of hydrogen-bond acceptors (Lipinski definition) is 3. The average molecular weight is 309 g/mol. The normalized spacial score (nSPS) is 26.0. The third-order valence-electron chi connectivity index (χ3n) is 4.70. The number of phenolic OH excluding ortho intramolecular Hbond substituents is 1. The maximum absolute atomic E-state index is 12.7. The first-order valence-electron chi connectivity index (χ1n) is 7.58. The molecular formula is C16H21ClN2O2. The number of carbonyl (C=O) groups excluding carboxylic acids is 1. The van der Waals surface area contributed by atoms with Crippen LogP contribution in [-0.2, 0) is 0 Å². The highest BCUT2D eigenvalue weighted by atomic mass is 35.5. The SMILES string of the molecule is O=C(c1ccc(O)c(Cl)c1)N1CCCC2(CCCNC2)C1. The van der Waals surface area contributed by atoms with Gasteiger partial charge in [0.15, 0.2) is 0 Å². The van der Waals surface area contributed by atoms with E-state index in [1.807, 2.05) is 4.90 Å². The van der Waals surface area contributed by atoms with Gasteiger partial charge in [-0.25, -0.2) is 0 Å². The first kappa shape index (κ1) is 14.7. The van der Waals surface area contributed by atoms with Crippen LogP contribution in [0.25, 0.3) is 0 Å². The van der Waals surface area contributed by atoms with Crippen LogP contribution in [-0.4, -0.2) is 42.1 Å². The van der Waals surface area contributed by atoms with Crippen LogP contribution in [0.4, 0.5) is 0 Å². The molecule has 2 heterocycles. The van der Waals surface area contributed by atoms with Gasteiger partial charge in [0.2, 0.25) is 0 Å². The molecule has 2 N–H and O–H groups in total. The summed E-state index contributed by atoms with van der Waals surface area (Å²) in [7, 11) is 0. The summed E-state index contributed by atoms with van der Waals surface area (Å²) in [5.41, 5.74) is 0.797. The summed E-state index contributed by atoms with van der Waals surface area (Å²) in [6, 6.07) is 4.68. The predicted octanol–water partition coefficient (Wildman–Crippen LogP) is 2.65. The molecule has 1 aromatic carbocycles. The maximum Gasteiger partial charge on any atom is 0.253 e. The van der Waals surface area contributed by atoms with E-state index in [0.29, 0.717) is 5.56 Å². The zero-order chi connectivity index (χ0) is 14.9. The fourth-order valence-corrected chi connectivity index (χ4v) is 3.76. The van der Waals surface area contributed by atoms with Gasteiger partial charge in [-0.05, 0) is 50.4 Å². The van der Waals surface area contributed by atoms with Crippen LogP contribution in [0.15, 0.2) is 18.2 Å². The lowest BCUT2D eigenvalue weighted by atomic mass is 9.74. The summed E-state index contributed by atoms with van der Waals surface area (Å²) >= 11 is 5.91. The Bertz CT molecular complexity index is 536. The number of phenols is 1. The van der Waals surface area contributed by atoms with Crippen LogP contribution in [0.5, 0.6) is 5.75 Å². The largest absolute Gasteiger partial charge is 0.506 e. The monoisotopic (exact) mass is 308 g/mol. The molecule has 114 valence electrons. The summed E-state index contributed by atoms with van der Waals surface area (Å²) in [6.45, 7) is 3.72. The number of nitrogens with zero attached hydrogens (tertiary/aromatic N) is 1. The number of piperidine rings is 2. The van der Waals surface area contributed by atoms with E-state index in [1.54, 1.807) is 12.1 Å². The number of hydrogen-bond donors (Lipinski definition) is 2. The van der Waals surface area contributed by atoms with Crippen LogP contribution >= 0.6 is 11.6 Å². The zero-order valence-corrected chi connectivity index (χ0v) is 12.8. The predicted molar refractivity (Wildman–Crippen MR) is 82.8 cm³/mol. The van der Waals surface area contributed by atoms with Crippen molar-refractivity contribution >= 4 is 17.5 Å². The summed E-state index contributed by atoms with van der Waals surface area (Å²) in [4.78, 5) is 14.6. The number of carbonyl (C=O) groups is 1. The van der Waals surface area contributed by atoms with Crippen molar-refractivity contribution in [3.05, 3.63) is 28.8 Å². The number of likely N-dealkylation sites (tertiary alicyclic amines) is 1. The van der Waals surface area contributed by atoms with Gasteiger partial charge >= 0.3 is 0 Å². The number of aromatic hydroxyl groups is 1. The first-order valence-corrected chi connectivity index (χ1v) is 7.96. The van der Waals surface area contributed by atoms with E-state index in [2.05, 4.69) is 5.32 Å². The second-order valence-electron chi connectivity index (χ2n) is 6.28. The molecule has 1 aromatic rings. The van der Waals surface area contributed by atoms with Crippen LogP contribution < -0.4 is 5.32 Å². The van der Waals surface area contributed by atoms with Crippen LogP contribution in [0.2, 0.25) is 5.02 Å². The van der Waals surface area contributed by atoms with Gasteiger partial charge in [-0.3, -0.25) is 4.79 Å². The Morgan fingerprint density at radius 1 is 1.33 bits per heavy atom. The second kappa shape index (κ2) is 5.85. The van der Waals surface area contributed by atoms with Crippen LogP contribution in [0.3, 0.4) is 0 Å². The van der Waals surface area contributed by atoms with E-state index >= 15 is 0 Å². The van der Waals surface area contributed by atoms with Gasteiger partial charge in [-0.2, -0.15) is 0 Å². The molecule has 2 saturated heterocycles. The molecular weight excluding hydrogens is 288 g/mol. The molecule has 0 aromatic heterocycles. The van der Waals surface area contributed by atoms with Gasteiger partial charge in [0.25, 0.3) is 5.91 Å². The number of halogens is 1. The molecule has 4 nitrogen and oxygen atoms in total. The molecule has 2 fully saturated rings. The quantitative estimate of drug-likeness (QED) is 0.838. The van der Waals surface area contributed by atoms with Crippen LogP contribution in [0, 0.1) is 5.41 Å². The highest BCUT2D eigenvalue weighted by Gasteiger charge is 2.38. The van der Waals surface area contributed by atoms with Gasteiger partial charge in [0, 0.05) is 30.6 Å². The minimum absolute atomic E-state index is 0.0137. The van der Waals surface area contributed by atoms with Crippen molar-refractivity contribution in [3.8, 4) is 5.75 Å². The Kier molecular flexibility index (Phi) is 4.09. The Labute approximate surface area is 130 Å². The van der Waals surface area contributed by atoms with Gasteiger partial charge < -0.3 is 15.3 Å². The Balaban J connectivity index is 1.76. The van der Waals surface area contributed by atoms with Crippen LogP contribution in [0.1, 0.15) is 36.0 Å². The van der Waals surface area contributed by atoms with Gasteiger partial charge in [-0.15, -0.1) is 0 Å². The van der Waals surface area contributed by atoms with E-state index in [4.69, 9.17) is 11.6 Å². The molecule has 3 rings (SSSR count). The van der Waals surface area contributed by atoms with Crippen molar-refractivity contribution in [1.29, 1.82) is 0 Å². The standard InChI is InChI=1S/C16H21ClN2O2/c17-13-9-12(3-4-14(13)20)15(21)19-8-2-6-16(11-19)5-1-7-18-10-16/h3-4,9,18,20H,1-2,5-8,10-11H2. The van der Waals surface area contributed by atoms with Crippen molar-refractivity contribution in [2.45, 2.75) is 25.7 Å². The zero-order valence-electron chi connectivity index (χ0n) is 12.1. The summed E-state index contributed by atoms with van der Waals surface area (Å²) in [5.74, 6) is 0.0290. The van der Waals surface area contributed by atoms with Crippen molar-refractivity contribution in [2.24, 2.45) is 5.41 Å². The third kappa shape index (κ3) is 3.01. The minimum Gasteiger partial charge on any atom is -0.506 e. The highest BCUT2D eigenvalue weighted by Crippen LogP contribution is 2.36. The molecule has 2 aliphatic rings. The Hall–Kier alpha value is -1.26. The van der Waals surface area contributed by atoms with E-state index in [-0.39, 0.29) is 22.1 Å². The lowest BCUT2D eigenvalue weighted by molar-refractivity contribution is 0.0434. The molecule has 0 bridgehead atoms. The molecule has 21 heavy (non-hydrogen) atoms. The van der Waals surface area contributed by atoms with E-state index in [1.165, 1.54) is 25.3 Å². The lowest BCUT2D eigenvalue weighted by Crippen LogP contribution is -2.52. The average Bonchev–Trinajstić information content (AvgIpc) is 2.50. The van der Waals surface area contributed by atoms with Crippen molar-refractivity contribution in [3.63, 3.8) is 0 Å². The van der Waals surface area contributed by atoms with Crippen molar-refractivity contribution in [1.82, 2.24) is 10.2 Å². The fourth-order valence-electron chi connectivity index (χ4n) is 3.58. The molecule has 1 unspecified atom stereocenters. The van der Waals surface area contributed by atoms with E-state index in [9.17, 15) is 9.90 Å². The third-order valence-corrected chi connectivity index (χ3v) is 5.01. The minimum atomic E-state index is 0.0137. The molecule has 0 saturated carbocycles. The molecule has 5 heteroatoms. The highest BCUT2D eigenvalue weighted by molar-refractivity contribution is 6.32. The molecule has 1 atom stereocenters. The molecule has 0 aliphatic carbocycles. The summed E-state index contributed by atoms with van der Waals surface area (Å²) in [5, 5.41) is 13.2. The maximum atomic E-state index is 12.7. The van der Waals surface area contributed by atoms with E-state index in [0.717, 1.165) is 32.6 Å². The Morgan fingerprint density at radius 3 is 2.86 bits per heavy atom. The molecule has 0 radical (unpaired) electrons. The number of benzene rings is 1. The fraction of sp³-hybridized carbons (Fsp3) is 0.562. The lowest BCUT2D eigenvalue weighted by Gasteiger charge is -2.45. The number of nitrogens with one attached hydrogen (secondary N) is 1.